The number of anilines is 2. The van der Waals surface area contributed by atoms with E-state index < -0.39 is 0 Å². The van der Waals surface area contributed by atoms with Crippen LogP contribution in [0.1, 0.15) is 30.7 Å². The van der Waals surface area contributed by atoms with Gasteiger partial charge in [-0.1, -0.05) is 19.4 Å². The van der Waals surface area contributed by atoms with Gasteiger partial charge in [0.05, 0.1) is 6.04 Å². The zero-order valence-corrected chi connectivity index (χ0v) is 11.1. The Morgan fingerprint density at radius 1 is 1.44 bits per heavy atom. The molecule has 0 bridgehead atoms. The molecule has 18 heavy (non-hydrogen) atoms. The number of nitrogen functional groups attached to an aromatic ring is 1. The Kier molecular flexibility index (Phi) is 4.49. The lowest BCUT2D eigenvalue weighted by atomic mass is 10.1. The van der Waals surface area contributed by atoms with Crippen LogP contribution < -0.4 is 16.6 Å². The van der Waals surface area contributed by atoms with Crippen LogP contribution in [0.15, 0.2) is 29.8 Å². The predicted octanol–water partition coefficient (Wildman–Crippen LogP) is 2.78. The summed E-state index contributed by atoms with van der Waals surface area (Å²) in [6.45, 7) is 2.18. The summed E-state index contributed by atoms with van der Waals surface area (Å²) in [4.78, 5) is 9.58. The molecule has 0 aromatic carbocycles. The summed E-state index contributed by atoms with van der Waals surface area (Å²) in [5, 5.41) is 5.51. The smallest absolute Gasteiger partial charge is 0.239 e. The third-order valence-electron chi connectivity index (χ3n) is 2.57. The molecule has 0 saturated heterocycles. The van der Waals surface area contributed by atoms with Crippen LogP contribution >= 0.6 is 11.3 Å². The van der Waals surface area contributed by atoms with Gasteiger partial charge in [0.1, 0.15) is 5.82 Å². The first-order valence-electron chi connectivity index (χ1n) is 5.93. The lowest BCUT2D eigenvalue weighted by molar-refractivity contribution is 0.684. The molecule has 0 aliphatic heterocycles. The number of hydrogen-bond acceptors (Lipinski definition) is 6. The predicted molar refractivity (Wildman–Crippen MR) is 75.4 cm³/mol. The van der Waals surface area contributed by atoms with Crippen molar-refractivity contribution in [3.05, 3.63) is 34.7 Å². The van der Waals surface area contributed by atoms with E-state index in [1.165, 1.54) is 4.88 Å². The fourth-order valence-electron chi connectivity index (χ4n) is 1.75. The summed E-state index contributed by atoms with van der Waals surface area (Å²) >= 11 is 1.75. The average Bonchev–Trinajstić information content (AvgIpc) is 2.92. The Hall–Kier alpha value is -1.66. The summed E-state index contributed by atoms with van der Waals surface area (Å²) in [6.07, 6.45) is 3.86. The zero-order chi connectivity index (χ0) is 12.8. The first-order chi connectivity index (χ1) is 8.83. The van der Waals surface area contributed by atoms with Gasteiger partial charge in [-0.05, 0) is 23.9 Å². The Balaban J connectivity index is 2.13. The lowest BCUT2D eigenvalue weighted by Gasteiger charge is -2.17. The molecule has 2 heterocycles. The van der Waals surface area contributed by atoms with Gasteiger partial charge in [-0.25, -0.2) is 10.8 Å². The molecule has 2 aromatic rings. The minimum Gasteiger partial charge on any atom is -0.362 e. The van der Waals surface area contributed by atoms with Crippen molar-refractivity contribution in [1.29, 1.82) is 0 Å². The van der Waals surface area contributed by atoms with Crippen molar-refractivity contribution in [2.24, 2.45) is 5.84 Å². The lowest BCUT2D eigenvalue weighted by Crippen LogP contribution is -2.14. The fourth-order valence-corrected chi connectivity index (χ4v) is 2.56. The number of rotatable bonds is 6. The van der Waals surface area contributed by atoms with E-state index in [1.54, 1.807) is 17.5 Å². The monoisotopic (exact) mass is 263 g/mol. The van der Waals surface area contributed by atoms with Gasteiger partial charge < -0.3 is 5.32 Å². The van der Waals surface area contributed by atoms with Gasteiger partial charge in [-0.15, -0.1) is 11.3 Å². The van der Waals surface area contributed by atoms with E-state index in [-0.39, 0.29) is 6.04 Å². The van der Waals surface area contributed by atoms with Gasteiger partial charge in [0.2, 0.25) is 5.95 Å². The molecule has 2 aromatic heterocycles. The van der Waals surface area contributed by atoms with E-state index in [4.69, 9.17) is 5.84 Å². The highest BCUT2D eigenvalue weighted by molar-refractivity contribution is 7.10. The van der Waals surface area contributed by atoms with Crippen molar-refractivity contribution in [1.82, 2.24) is 9.97 Å². The van der Waals surface area contributed by atoms with E-state index in [9.17, 15) is 0 Å². The molecular weight excluding hydrogens is 246 g/mol. The number of nitrogens with zero attached hydrogens (tertiary/aromatic N) is 2. The molecule has 6 heteroatoms. The summed E-state index contributed by atoms with van der Waals surface area (Å²) < 4.78 is 0. The Morgan fingerprint density at radius 3 is 3.00 bits per heavy atom. The quantitative estimate of drug-likeness (QED) is 0.552. The van der Waals surface area contributed by atoms with Crippen molar-refractivity contribution >= 4 is 23.1 Å². The Bertz CT molecular complexity index is 471. The van der Waals surface area contributed by atoms with Gasteiger partial charge in [-0.2, -0.15) is 4.98 Å². The third-order valence-corrected chi connectivity index (χ3v) is 3.56. The van der Waals surface area contributed by atoms with Crippen molar-refractivity contribution in [2.75, 3.05) is 10.7 Å². The fraction of sp³-hybridized carbons (Fsp3) is 0.333. The molecular formula is C12H17N5S. The number of hydrazine groups is 1. The highest BCUT2D eigenvalue weighted by Gasteiger charge is 2.12. The molecule has 96 valence electrons. The maximum absolute atomic E-state index is 5.30. The first kappa shape index (κ1) is 12.8. The Labute approximate surface area is 110 Å². The summed E-state index contributed by atoms with van der Waals surface area (Å²) in [6, 6.07) is 6.34. The van der Waals surface area contributed by atoms with Crippen LogP contribution in [-0.4, -0.2) is 9.97 Å². The first-order valence-corrected chi connectivity index (χ1v) is 6.81. The average molecular weight is 263 g/mol. The number of nitrogens with one attached hydrogen (secondary N) is 2. The topological polar surface area (TPSA) is 75.9 Å². The maximum atomic E-state index is 5.30. The molecule has 0 aliphatic rings. The molecule has 0 fully saturated rings. The highest BCUT2D eigenvalue weighted by Crippen LogP contribution is 2.26. The summed E-state index contributed by atoms with van der Waals surface area (Å²) in [5.41, 5.74) is 2.45. The van der Waals surface area contributed by atoms with Crippen molar-refractivity contribution in [3.8, 4) is 0 Å². The van der Waals surface area contributed by atoms with Gasteiger partial charge >= 0.3 is 0 Å². The minimum absolute atomic E-state index is 0.288. The van der Waals surface area contributed by atoms with E-state index in [1.807, 2.05) is 6.07 Å². The van der Waals surface area contributed by atoms with E-state index in [0.29, 0.717) is 5.95 Å². The number of hydrogen-bond donors (Lipinski definition) is 3. The largest absolute Gasteiger partial charge is 0.362 e. The molecule has 1 atom stereocenters. The molecule has 0 radical (unpaired) electrons. The summed E-state index contributed by atoms with van der Waals surface area (Å²) in [7, 11) is 0. The summed E-state index contributed by atoms with van der Waals surface area (Å²) in [5.74, 6) is 6.50. The molecule has 1 unspecified atom stereocenters. The maximum Gasteiger partial charge on any atom is 0.239 e. The van der Waals surface area contributed by atoms with Gasteiger partial charge in [0.25, 0.3) is 0 Å². The van der Waals surface area contributed by atoms with Crippen molar-refractivity contribution in [3.63, 3.8) is 0 Å². The van der Waals surface area contributed by atoms with Gasteiger partial charge in [-0.3, -0.25) is 5.43 Å². The second-order valence-corrected chi connectivity index (χ2v) is 4.89. The molecule has 5 nitrogen and oxygen atoms in total. The molecule has 0 saturated carbocycles. The Morgan fingerprint density at radius 2 is 2.33 bits per heavy atom. The van der Waals surface area contributed by atoms with Crippen LogP contribution in [0.5, 0.6) is 0 Å². The van der Waals surface area contributed by atoms with Gasteiger partial charge in [0.15, 0.2) is 0 Å². The van der Waals surface area contributed by atoms with Crippen LogP contribution in [0.3, 0.4) is 0 Å². The normalized spacial score (nSPS) is 12.1. The molecule has 4 N–H and O–H groups in total. The molecule has 0 amide bonds. The number of nitrogens with two attached hydrogens (primary N) is 1. The van der Waals surface area contributed by atoms with Gasteiger partial charge in [0, 0.05) is 11.1 Å². The van der Waals surface area contributed by atoms with Crippen molar-refractivity contribution < 1.29 is 0 Å². The standard InChI is InChI=1S/C12H17N5S/c1-2-4-9(10-5-3-8-18-10)15-11-6-7-14-12(16-11)17-13/h3,5-9H,2,4,13H2,1H3,(H2,14,15,16,17). The molecule has 0 spiro atoms. The number of thiophene rings is 1. The number of aromatic nitrogens is 2. The van der Waals surface area contributed by atoms with Crippen LogP contribution in [0.4, 0.5) is 11.8 Å². The second-order valence-electron chi connectivity index (χ2n) is 3.91. The van der Waals surface area contributed by atoms with Crippen molar-refractivity contribution in [2.45, 2.75) is 25.8 Å². The van der Waals surface area contributed by atoms with Crippen LogP contribution in [0.2, 0.25) is 0 Å². The van der Waals surface area contributed by atoms with Crippen LogP contribution in [-0.2, 0) is 0 Å². The van der Waals surface area contributed by atoms with E-state index >= 15 is 0 Å². The van der Waals surface area contributed by atoms with Crippen LogP contribution in [0.25, 0.3) is 0 Å². The third kappa shape index (κ3) is 3.18. The highest BCUT2D eigenvalue weighted by atomic mass is 32.1. The minimum atomic E-state index is 0.288. The SMILES string of the molecule is CCCC(Nc1ccnc(NN)n1)c1cccs1. The van der Waals surface area contributed by atoms with Crippen LogP contribution in [0, 0.1) is 0 Å². The van der Waals surface area contributed by atoms with E-state index in [2.05, 4.69) is 45.1 Å². The zero-order valence-electron chi connectivity index (χ0n) is 10.3. The molecule has 0 aliphatic carbocycles. The second kappa shape index (κ2) is 6.32. The van der Waals surface area contributed by atoms with E-state index in [0.717, 1.165) is 18.7 Å². The molecule has 2 rings (SSSR count).